The van der Waals surface area contributed by atoms with Crippen molar-refractivity contribution in [3.8, 4) is 5.75 Å². The van der Waals surface area contributed by atoms with Crippen LogP contribution in [0.4, 0.5) is 0 Å². The first kappa shape index (κ1) is 18.3. The quantitative estimate of drug-likeness (QED) is 0.713. The van der Waals surface area contributed by atoms with Crippen molar-refractivity contribution in [3.05, 3.63) is 29.8 Å². The van der Waals surface area contributed by atoms with Crippen molar-refractivity contribution in [3.63, 3.8) is 0 Å². The molecule has 1 saturated carbocycles. The topological polar surface area (TPSA) is 84.9 Å². The second-order valence-electron chi connectivity index (χ2n) is 6.03. The van der Waals surface area contributed by atoms with Crippen molar-refractivity contribution in [2.45, 2.75) is 38.1 Å². The van der Waals surface area contributed by atoms with Gasteiger partial charge in [-0.15, -0.1) is 0 Å². The highest BCUT2D eigenvalue weighted by Gasteiger charge is 2.31. The Kier molecular flexibility index (Phi) is 7.06. The van der Waals surface area contributed by atoms with Gasteiger partial charge < -0.3 is 19.9 Å². The zero-order valence-corrected chi connectivity index (χ0v) is 14.0. The summed E-state index contributed by atoms with van der Waals surface area (Å²) in [6, 6.07) is 6.63. The van der Waals surface area contributed by atoms with Crippen LogP contribution in [-0.4, -0.2) is 43.3 Å². The summed E-state index contributed by atoms with van der Waals surface area (Å²) in [5.41, 5.74) is 0.481. The fourth-order valence-corrected chi connectivity index (χ4v) is 2.97. The Labute approximate surface area is 142 Å². The van der Waals surface area contributed by atoms with Crippen LogP contribution in [-0.2, 0) is 9.53 Å². The maximum Gasteiger partial charge on any atom is 0.308 e. The summed E-state index contributed by atoms with van der Waals surface area (Å²) in [5, 5.41) is 12.2. The zero-order chi connectivity index (χ0) is 17.4. The number of hydrogen-bond acceptors (Lipinski definition) is 4. The van der Waals surface area contributed by atoms with E-state index in [-0.39, 0.29) is 11.9 Å². The number of carbonyl (C=O) groups excluding carboxylic acids is 1. The van der Waals surface area contributed by atoms with Crippen molar-refractivity contribution >= 4 is 11.9 Å². The molecule has 24 heavy (non-hydrogen) atoms. The summed E-state index contributed by atoms with van der Waals surface area (Å²) >= 11 is 0. The Hall–Kier alpha value is -2.08. The van der Waals surface area contributed by atoms with E-state index in [4.69, 9.17) is 9.47 Å². The SMILES string of the molecule is COCCCOc1cccc(C(=O)N[C@H]2CCCC[C@H]2C(=O)O)c1. The van der Waals surface area contributed by atoms with Gasteiger partial charge in [0.05, 0.1) is 12.5 Å². The maximum absolute atomic E-state index is 12.4. The molecule has 1 fully saturated rings. The van der Waals surface area contributed by atoms with Crippen LogP contribution in [0.2, 0.25) is 0 Å². The molecule has 0 saturated heterocycles. The highest BCUT2D eigenvalue weighted by Crippen LogP contribution is 2.25. The zero-order valence-electron chi connectivity index (χ0n) is 14.0. The van der Waals surface area contributed by atoms with Crippen molar-refractivity contribution in [1.29, 1.82) is 0 Å². The molecular formula is C18H25NO5. The number of amides is 1. The third-order valence-corrected chi connectivity index (χ3v) is 4.26. The van der Waals surface area contributed by atoms with Gasteiger partial charge in [-0.25, -0.2) is 0 Å². The molecule has 2 atom stereocenters. The summed E-state index contributed by atoms with van der Waals surface area (Å²) < 4.78 is 10.6. The summed E-state index contributed by atoms with van der Waals surface area (Å²) in [6.45, 7) is 1.14. The van der Waals surface area contributed by atoms with Gasteiger partial charge in [0.15, 0.2) is 0 Å². The van der Waals surface area contributed by atoms with Gasteiger partial charge in [0.25, 0.3) is 5.91 Å². The Morgan fingerprint density at radius 3 is 2.79 bits per heavy atom. The molecule has 1 aromatic rings. The second-order valence-corrected chi connectivity index (χ2v) is 6.03. The van der Waals surface area contributed by atoms with Crippen molar-refractivity contribution in [2.24, 2.45) is 5.92 Å². The van der Waals surface area contributed by atoms with Crippen LogP contribution in [0, 0.1) is 5.92 Å². The Bertz CT molecular complexity index is 560. The molecule has 1 aliphatic rings. The largest absolute Gasteiger partial charge is 0.493 e. The van der Waals surface area contributed by atoms with Gasteiger partial charge >= 0.3 is 5.97 Å². The second kappa shape index (κ2) is 9.27. The summed E-state index contributed by atoms with van der Waals surface area (Å²) in [4.78, 5) is 23.8. The number of carboxylic acid groups (broad SMARTS) is 1. The lowest BCUT2D eigenvalue weighted by atomic mass is 9.84. The number of carbonyl (C=O) groups is 2. The number of benzene rings is 1. The highest BCUT2D eigenvalue weighted by molar-refractivity contribution is 5.95. The Balaban J connectivity index is 1.95. The van der Waals surface area contributed by atoms with Crippen LogP contribution in [0.5, 0.6) is 5.75 Å². The van der Waals surface area contributed by atoms with Crippen LogP contribution in [0.3, 0.4) is 0 Å². The minimum Gasteiger partial charge on any atom is -0.493 e. The number of nitrogens with one attached hydrogen (secondary N) is 1. The highest BCUT2D eigenvalue weighted by atomic mass is 16.5. The average Bonchev–Trinajstić information content (AvgIpc) is 2.59. The normalized spacial score (nSPS) is 20.4. The minimum absolute atomic E-state index is 0.254. The van der Waals surface area contributed by atoms with Gasteiger partial charge in [-0.05, 0) is 31.0 Å². The van der Waals surface area contributed by atoms with Crippen LogP contribution < -0.4 is 10.1 Å². The first-order chi connectivity index (χ1) is 11.6. The first-order valence-corrected chi connectivity index (χ1v) is 8.37. The monoisotopic (exact) mass is 335 g/mol. The Morgan fingerprint density at radius 2 is 2.04 bits per heavy atom. The molecule has 1 aliphatic carbocycles. The van der Waals surface area contributed by atoms with Crippen LogP contribution in [0.25, 0.3) is 0 Å². The molecule has 2 rings (SSSR count). The molecule has 0 aliphatic heterocycles. The van der Waals surface area contributed by atoms with Crippen LogP contribution >= 0.6 is 0 Å². The van der Waals surface area contributed by atoms with Crippen molar-refractivity contribution < 1.29 is 24.2 Å². The number of carboxylic acids is 1. The van der Waals surface area contributed by atoms with Gasteiger partial charge in [-0.1, -0.05) is 18.9 Å². The van der Waals surface area contributed by atoms with E-state index in [2.05, 4.69) is 5.32 Å². The molecule has 6 nitrogen and oxygen atoms in total. The number of aliphatic carboxylic acids is 1. The Morgan fingerprint density at radius 1 is 1.25 bits per heavy atom. The van der Waals surface area contributed by atoms with E-state index in [1.807, 2.05) is 0 Å². The number of ether oxygens (including phenoxy) is 2. The maximum atomic E-state index is 12.4. The molecule has 0 spiro atoms. The van der Waals surface area contributed by atoms with E-state index in [0.717, 1.165) is 19.3 Å². The number of rotatable bonds is 8. The third-order valence-electron chi connectivity index (χ3n) is 4.26. The van der Waals surface area contributed by atoms with E-state index in [0.29, 0.717) is 37.4 Å². The number of hydrogen-bond donors (Lipinski definition) is 2. The number of methoxy groups -OCH3 is 1. The van der Waals surface area contributed by atoms with Gasteiger partial charge in [-0.2, -0.15) is 0 Å². The smallest absolute Gasteiger partial charge is 0.308 e. The summed E-state index contributed by atoms with van der Waals surface area (Å²) in [6.07, 6.45) is 3.93. The van der Waals surface area contributed by atoms with Gasteiger partial charge in [0.1, 0.15) is 5.75 Å². The van der Waals surface area contributed by atoms with E-state index in [1.165, 1.54) is 0 Å². The van der Waals surface area contributed by atoms with Crippen molar-refractivity contribution in [2.75, 3.05) is 20.3 Å². The third kappa shape index (κ3) is 5.23. The molecule has 1 amide bonds. The fourth-order valence-electron chi connectivity index (χ4n) is 2.97. The van der Waals surface area contributed by atoms with Crippen LogP contribution in [0.1, 0.15) is 42.5 Å². The standard InChI is InChI=1S/C18H25NO5/c1-23-10-5-11-24-14-7-4-6-13(12-14)17(20)19-16-9-3-2-8-15(16)18(21)22/h4,6-7,12,15-16H,2-3,5,8-11H2,1H3,(H,19,20)(H,21,22)/t15-,16+/m1/s1. The van der Waals surface area contributed by atoms with Gasteiger partial charge in [0, 0.05) is 31.7 Å². The van der Waals surface area contributed by atoms with E-state index in [9.17, 15) is 14.7 Å². The molecule has 132 valence electrons. The molecule has 1 aromatic carbocycles. The first-order valence-electron chi connectivity index (χ1n) is 8.37. The molecule has 2 N–H and O–H groups in total. The average molecular weight is 335 g/mol. The minimum atomic E-state index is -0.838. The van der Waals surface area contributed by atoms with E-state index >= 15 is 0 Å². The summed E-state index contributed by atoms with van der Waals surface area (Å²) in [5.74, 6) is -0.973. The van der Waals surface area contributed by atoms with Gasteiger partial charge in [-0.3, -0.25) is 9.59 Å². The molecule has 0 heterocycles. The van der Waals surface area contributed by atoms with Crippen LogP contribution in [0.15, 0.2) is 24.3 Å². The molecule has 0 aromatic heterocycles. The lowest BCUT2D eigenvalue weighted by molar-refractivity contribution is -0.143. The molecule has 6 heteroatoms. The summed E-state index contributed by atoms with van der Waals surface area (Å²) in [7, 11) is 1.64. The molecule has 0 unspecified atom stereocenters. The lowest BCUT2D eigenvalue weighted by Crippen LogP contribution is -2.45. The molecular weight excluding hydrogens is 310 g/mol. The molecule has 0 radical (unpaired) electrons. The predicted octanol–water partition coefficient (Wildman–Crippen LogP) is 2.48. The van der Waals surface area contributed by atoms with E-state index < -0.39 is 11.9 Å². The van der Waals surface area contributed by atoms with Gasteiger partial charge in [0.2, 0.25) is 0 Å². The fraction of sp³-hybridized carbons (Fsp3) is 0.556. The molecule has 0 bridgehead atoms. The lowest BCUT2D eigenvalue weighted by Gasteiger charge is -2.29. The van der Waals surface area contributed by atoms with E-state index in [1.54, 1.807) is 31.4 Å². The predicted molar refractivity (Wildman–Crippen MR) is 89.3 cm³/mol. The van der Waals surface area contributed by atoms with Crippen molar-refractivity contribution in [1.82, 2.24) is 5.32 Å².